The predicted molar refractivity (Wildman–Crippen MR) is 344 cm³/mol. The molecular weight excluding hydrogens is 1050 g/mol. The van der Waals surface area contributed by atoms with E-state index in [0.29, 0.717) is 19.3 Å². The highest BCUT2D eigenvalue weighted by Gasteiger charge is 2.28. The Bertz CT molecular complexity index is 1700. The van der Waals surface area contributed by atoms with Gasteiger partial charge in [-0.15, -0.1) is 0 Å². The van der Waals surface area contributed by atoms with Crippen molar-refractivity contribution < 1.29 is 52.2 Å². The molecule has 0 aromatic heterocycles. The Morgan fingerprint density at radius 3 is 1.00 bits per heavy atom. The Kier molecular flexibility index (Phi) is 61.1. The Morgan fingerprint density at radius 1 is 0.354 bits per heavy atom. The van der Waals surface area contributed by atoms with E-state index in [4.69, 9.17) is 23.3 Å². The van der Waals surface area contributed by atoms with E-state index in [9.17, 15) is 28.9 Å². The van der Waals surface area contributed by atoms with Crippen LogP contribution in [-0.4, -0.2) is 66.5 Å². The van der Waals surface area contributed by atoms with Crippen molar-refractivity contribution >= 4 is 25.7 Å². The molecule has 2 N–H and O–H groups in total. The standard InChI is InChI=1S/C70H123O11P/c1-4-7-10-13-16-19-22-25-28-31-33-36-38-41-44-47-50-53-56-59-68(72)77-63-67(81-70(74)61-58-55-52-49-46-43-40-37-34-32-29-26-23-20-17-14-11-8-5-2)65-79-82(75,76)78-64-66(62-71)80-69(73)60-57-54-51-48-45-42-39-35-30-27-24-21-18-15-12-9-6-3/h8,11,17,20,25-30,34,37,43,46,66-67,71H,4-7,9-10,12-16,18-19,21-24,31-33,35-36,38-42,44-45,47-65H2,1-3H3,(H,75,76)/b11-8-,20-17-,28-25-,29-26-,30-27-,37-34-,46-43-. The summed E-state index contributed by atoms with van der Waals surface area (Å²) in [4.78, 5) is 48.8. The van der Waals surface area contributed by atoms with Gasteiger partial charge in [-0.1, -0.05) is 254 Å². The first kappa shape index (κ1) is 78.7. The number of ether oxygens (including phenoxy) is 3. The minimum absolute atomic E-state index is 0.126. The first-order valence-corrected chi connectivity index (χ1v) is 35.0. The average Bonchev–Trinajstić information content (AvgIpc) is 3.50. The summed E-state index contributed by atoms with van der Waals surface area (Å²) < 4.78 is 39.7. The molecule has 0 amide bonds. The molecule has 0 aliphatic rings. The van der Waals surface area contributed by atoms with E-state index < -0.39 is 57.8 Å². The van der Waals surface area contributed by atoms with Crippen LogP contribution >= 0.6 is 7.82 Å². The third kappa shape index (κ3) is 61.2. The number of rotatable bonds is 62. The van der Waals surface area contributed by atoms with E-state index >= 15 is 0 Å². The number of hydrogen-bond donors (Lipinski definition) is 2. The summed E-state index contributed by atoms with van der Waals surface area (Å²) in [7, 11) is -4.77. The van der Waals surface area contributed by atoms with Crippen LogP contribution in [0.3, 0.4) is 0 Å². The number of allylic oxidation sites excluding steroid dienone is 14. The SMILES string of the molecule is CC/C=C\C/C=C\C/C=C\C/C=C\C/C=C\CCCCCC(=O)OC(COC(=O)CCCCCCCCCCC/C=C\CCCCCCCC)COP(=O)(O)OCC(CO)OC(=O)CCCCCCCCC/C=C\CCCCCCCC. The molecule has 11 nitrogen and oxygen atoms in total. The second-order valence-electron chi connectivity index (χ2n) is 22.2. The van der Waals surface area contributed by atoms with Crippen LogP contribution in [0.2, 0.25) is 0 Å². The van der Waals surface area contributed by atoms with E-state index in [1.54, 1.807) is 0 Å². The summed E-state index contributed by atoms with van der Waals surface area (Å²) in [5.41, 5.74) is 0. The lowest BCUT2D eigenvalue weighted by Gasteiger charge is -2.21. The normalized spacial score (nSPS) is 13.8. The van der Waals surface area contributed by atoms with Gasteiger partial charge >= 0.3 is 25.7 Å². The third-order valence-electron chi connectivity index (χ3n) is 14.3. The minimum atomic E-state index is -4.77. The van der Waals surface area contributed by atoms with Crippen LogP contribution < -0.4 is 0 Å². The monoisotopic (exact) mass is 1170 g/mol. The maximum Gasteiger partial charge on any atom is 0.472 e. The van der Waals surface area contributed by atoms with Crippen molar-refractivity contribution in [2.45, 2.75) is 315 Å². The van der Waals surface area contributed by atoms with Crippen molar-refractivity contribution in [3.63, 3.8) is 0 Å². The van der Waals surface area contributed by atoms with Crippen LogP contribution in [0.15, 0.2) is 85.1 Å². The fourth-order valence-corrected chi connectivity index (χ4v) is 9.98. The van der Waals surface area contributed by atoms with E-state index in [-0.39, 0.29) is 25.9 Å². The van der Waals surface area contributed by atoms with Crippen molar-refractivity contribution in [1.29, 1.82) is 0 Å². The highest BCUT2D eigenvalue weighted by molar-refractivity contribution is 7.47. The third-order valence-corrected chi connectivity index (χ3v) is 15.2. The molecule has 0 fully saturated rings. The smallest absolute Gasteiger partial charge is 0.462 e. The molecule has 0 saturated carbocycles. The maximum atomic E-state index is 13.0. The largest absolute Gasteiger partial charge is 0.472 e. The van der Waals surface area contributed by atoms with Gasteiger partial charge in [0.25, 0.3) is 0 Å². The number of aliphatic hydroxyl groups is 1. The fraction of sp³-hybridized carbons (Fsp3) is 0.757. The molecule has 0 aromatic rings. The molecule has 3 unspecified atom stereocenters. The van der Waals surface area contributed by atoms with Gasteiger partial charge in [0, 0.05) is 19.3 Å². The van der Waals surface area contributed by atoms with Crippen LogP contribution in [0.4, 0.5) is 0 Å². The molecular formula is C70H123O11P. The number of esters is 3. The molecule has 3 atom stereocenters. The topological polar surface area (TPSA) is 155 Å². The van der Waals surface area contributed by atoms with Crippen molar-refractivity contribution in [2.24, 2.45) is 0 Å². The van der Waals surface area contributed by atoms with Crippen LogP contribution in [0.25, 0.3) is 0 Å². The predicted octanol–water partition coefficient (Wildman–Crippen LogP) is 20.6. The summed E-state index contributed by atoms with van der Waals surface area (Å²) in [6.07, 6.45) is 75.3. The molecule has 0 aliphatic heterocycles. The van der Waals surface area contributed by atoms with Gasteiger partial charge in [-0.25, -0.2) is 4.57 Å². The van der Waals surface area contributed by atoms with Crippen LogP contribution in [0, 0.1) is 0 Å². The number of phosphoric ester groups is 1. The highest BCUT2D eigenvalue weighted by atomic mass is 31.2. The number of phosphoric acid groups is 1. The molecule has 0 aliphatic carbocycles. The molecule has 0 bridgehead atoms. The Labute approximate surface area is 502 Å². The van der Waals surface area contributed by atoms with Crippen molar-refractivity contribution in [1.82, 2.24) is 0 Å². The van der Waals surface area contributed by atoms with Gasteiger partial charge in [-0.2, -0.15) is 0 Å². The zero-order chi connectivity index (χ0) is 59.8. The second-order valence-corrected chi connectivity index (χ2v) is 23.7. The van der Waals surface area contributed by atoms with E-state index in [1.807, 2.05) is 0 Å². The van der Waals surface area contributed by atoms with Gasteiger partial charge in [-0.05, 0) is 116 Å². The Balaban J connectivity index is 4.74. The summed E-state index contributed by atoms with van der Waals surface area (Å²) >= 11 is 0. The number of hydrogen-bond acceptors (Lipinski definition) is 10. The minimum Gasteiger partial charge on any atom is -0.462 e. The molecule has 12 heteroatoms. The van der Waals surface area contributed by atoms with Gasteiger partial charge < -0.3 is 24.2 Å². The fourth-order valence-electron chi connectivity index (χ4n) is 9.20. The average molecular weight is 1170 g/mol. The lowest BCUT2D eigenvalue weighted by Crippen LogP contribution is -2.30. The van der Waals surface area contributed by atoms with Crippen LogP contribution in [0.1, 0.15) is 303 Å². The van der Waals surface area contributed by atoms with Crippen LogP contribution in [-0.2, 0) is 42.2 Å². The lowest BCUT2D eigenvalue weighted by molar-refractivity contribution is -0.161. The van der Waals surface area contributed by atoms with Crippen molar-refractivity contribution in [3.8, 4) is 0 Å². The van der Waals surface area contributed by atoms with E-state index in [0.717, 1.165) is 96.3 Å². The molecule has 0 radical (unpaired) electrons. The van der Waals surface area contributed by atoms with Gasteiger partial charge in [0.1, 0.15) is 12.7 Å². The van der Waals surface area contributed by atoms with Gasteiger partial charge in [-0.3, -0.25) is 23.4 Å². The summed E-state index contributed by atoms with van der Waals surface area (Å²) in [6.45, 7) is 4.53. The molecule has 0 spiro atoms. The lowest BCUT2D eigenvalue weighted by atomic mass is 10.1. The summed E-state index contributed by atoms with van der Waals surface area (Å²) in [6, 6.07) is 0. The van der Waals surface area contributed by atoms with E-state index in [2.05, 4.69) is 106 Å². The maximum absolute atomic E-state index is 13.0. The number of carbonyl (C=O) groups excluding carboxylic acids is 3. The van der Waals surface area contributed by atoms with Crippen molar-refractivity contribution in [3.05, 3.63) is 85.1 Å². The molecule has 474 valence electrons. The summed E-state index contributed by atoms with van der Waals surface area (Å²) in [5.74, 6) is -1.50. The summed E-state index contributed by atoms with van der Waals surface area (Å²) in [5, 5.41) is 9.87. The van der Waals surface area contributed by atoms with Gasteiger partial charge in [0.2, 0.25) is 0 Å². The molecule has 82 heavy (non-hydrogen) atoms. The van der Waals surface area contributed by atoms with Gasteiger partial charge in [0.05, 0.1) is 19.8 Å². The van der Waals surface area contributed by atoms with Crippen molar-refractivity contribution in [2.75, 3.05) is 26.4 Å². The first-order valence-electron chi connectivity index (χ1n) is 33.5. The first-order chi connectivity index (χ1) is 40.2. The quantitative estimate of drug-likeness (QED) is 0.0197. The highest BCUT2D eigenvalue weighted by Crippen LogP contribution is 2.43. The number of unbranched alkanes of at least 4 members (excludes halogenated alkanes) is 31. The Morgan fingerprint density at radius 2 is 0.634 bits per heavy atom. The number of aliphatic hydroxyl groups excluding tert-OH is 1. The molecule has 0 rings (SSSR count). The van der Waals surface area contributed by atoms with Crippen LogP contribution in [0.5, 0.6) is 0 Å². The molecule has 0 aromatic carbocycles. The molecule has 0 saturated heterocycles. The van der Waals surface area contributed by atoms with E-state index in [1.165, 1.54) is 148 Å². The van der Waals surface area contributed by atoms with Gasteiger partial charge in [0.15, 0.2) is 6.10 Å². The molecule has 0 heterocycles. The zero-order valence-corrected chi connectivity index (χ0v) is 53.6. The second kappa shape index (κ2) is 63.7. The zero-order valence-electron chi connectivity index (χ0n) is 52.7. The Hall–Kier alpha value is -3.34. The number of carbonyl (C=O) groups is 3.